The zero-order valence-corrected chi connectivity index (χ0v) is 14.7. The van der Waals surface area contributed by atoms with Crippen molar-refractivity contribution in [1.82, 2.24) is 5.32 Å². The van der Waals surface area contributed by atoms with Crippen LogP contribution in [-0.4, -0.2) is 13.0 Å². The number of nitriles is 1. The first kappa shape index (κ1) is 18.4. The van der Waals surface area contributed by atoms with Gasteiger partial charge in [-0.2, -0.15) is 5.26 Å². The van der Waals surface area contributed by atoms with Crippen LogP contribution in [0.2, 0.25) is 5.02 Å². The van der Waals surface area contributed by atoms with E-state index in [0.717, 1.165) is 16.9 Å². The van der Waals surface area contributed by atoms with Crippen molar-refractivity contribution in [3.05, 3.63) is 70.4 Å². The lowest BCUT2D eigenvalue weighted by Gasteiger charge is -2.09. The van der Waals surface area contributed by atoms with Gasteiger partial charge in [-0.25, -0.2) is 0 Å². The molecule has 5 nitrogen and oxygen atoms in total. The summed E-state index contributed by atoms with van der Waals surface area (Å²) in [7, 11) is 1.60. The summed E-state index contributed by atoms with van der Waals surface area (Å²) < 4.78 is 5.16. The van der Waals surface area contributed by atoms with E-state index in [-0.39, 0.29) is 5.57 Å². The Morgan fingerprint density at radius 1 is 1.32 bits per heavy atom. The number of methoxy groups -OCH3 is 1. The Balaban J connectivity index is 2.02. The van der Waals surface area contributed by atoms with Gasteiger partial charge in [0.15, 0.2) is 0 Å². The number of nitrogens with zero attached hydrogens (tertiary/aromatic N) is 1. The van der Waals surface area contributed by atoms with E-state index in [1.807, 2.05) is 30.3 Å². The molecule has 0 aromatic heterocycles. The second-order valence-electron chi connectivity index (χ2n) is 5.27. The van der Waals surface area contributed by atoms with Crippen LogP contribution in [0.4, 0.5) is 5.69 Å². The molecule has 2 N–H and O–H groups in total. The number of rotatable bonds is 6. The molecule has 0 aliphatic rings. The number of benzene rings is 2. The maximum absolute atomic E-state index is 12.2. The molecule has 0 saturated carbocycles. The molecule has 0 fully saturated rings. The van der Waals surface area contributed by atoms with Gasteiger partial charge in [0.25, 0.3) is 5.91 Å². The van der Waals surface area contributed by atoms with Crippen LogP contribution in [0, 0.1) is 18.3 Å². The molecule has 1 amide bonds. The van der Waals surface area contributed by atoms with Gasteiger partial charge in [0.05, 0.1) is 7.11 Å². The van der Waals surface area contributed by atoms with E-state index < -0.39 is 5.91 Å². The summed E-state index contributed by atoms with van der Waals surface area (Å²) >= 11 is 6.03. The van der Waals surface area contributed by atoms with Gasteiger partial charge in [0, 0.05) is 23.5 Å². The number of halogens is 1. The van der Waals surface area contributed by atoms with Crippen molar-refractivity contribution >= 4 is 23.2 Å². The minimum atomic E-state index is -0.494. The van der Waals surface area contributed by atoms with Crippen LogP contribution in [0.1, 0.15) is 11.1 Å². The van der Waals surface area contributed by atoms with Crippen LogP contribution in [0.3, 0.4) is 0 Å². The molecule has 0 saturated heterocycles. The molecule has 0 atom stereocenters. The SMILES string of the molecule is COc1cccc(CN/C=C(/C#N)C(=O)Nc2cccc(Cl)c2C)c1. The molecule has 25 heavy (non-hydrogen) atoms. The molecule has 2 aromatic rings. The Hall–Kier alpha value is -2.97. The Morgan fingerprint density at radius 2 is 2.08 bits per heavy atom. The van der Waals surface area contributed by atoms with E-state index in [9.17, 15) is 10.1 Å². The quantitative estimate of drug-likeness (QED) is 0.610. The fourth-order valence-electron chi connectivity index (χ4n) is 2.13. The number of hydrogen-bond acceptors (Lipinski definition) is 4. The number of carbonyl (C=O) groups excluding carboxylic acids is 1. The molecule has 0 heterocycles. The van der Waals surface area contributed by atoms with Gasteiger partial charge in [0.1, 0.15) is 17.4 Å². The predicted octanol–water partition coefficient (Wildman–Crippen LogP) is 3.79. The molecule has 2 rings (SSSR count). The molecule has 0 bridgehead atoms. The first-order chi connectivity index (χ1) is 12.0. The molecule has 0 radical (unpaired) electrons. The predicted molar refractivity (Wildman–Crippen MR) is 98.3 cm³/mol. The lowest BCUT2D eigenvalue weighted by atomic mass is 10.2. The zero-order chi connectivity index (χ0) is 18.2. The van der Waals surface area contributed by atoms with Gasteiger partial charge in [-0.1, -0.05) is 29.8 Å². The maximum Gasteiger partial charge on any atom is 0.267 e. The van der Waals surface area contributed by atoms with Crippen LogP contribution < -0.4 is 15.4 Å². The third-order valence-electron chi connectivity index (χ3n) is 3.57. The highest BCUT2D eigenvalue weighted by Crippen LogP contribution is 2.23. The lowest BCUT2D eigenvalue weighted by Crippen LogP contribution is -2.17. The second kappa shape index (κ2) is 8.76. The number of ether oxygens (including phenoxy) is 1. The molecule has 2 aromatic carbocycles. The van der Waals surface area contributed by atoms with Crippen molar-refractivity contribution < 1.29 is 9.53 Å². The highest BCUT2D eigenvalue weighted by Gasteiger charge is 2.11. The summed E-state index contributed by atoms with van der Waals surface area (Å²) in [6.07, 6.45) is 1.40. The van der Waals surface area contributed by atoms with Crippen molar-refractivity contribution in [1.29, 1.82) is 5.26 Å². The first-order valence-electron chi connectivity index (χ1n) is 7.58. The normalized spacial score (nSPS) is 10.7. The number of carbonyl (C=O) groups is 1. The lowest BCUT2D eigenvalue weighted by molar-refractivity contribution is -0.112. The summed E-state index contributed by atoms with van der Waals surface area (Å²) in [5.74, 6) is 0.254. The van der Waals surface area contributed by atoms with Crippen LogP contribution in [-0.2, 0) is 11.3 Å². The van der Waals surface area contributed by atoms with E-state index in [0.29, 0.717) is 17.3 Å². The van der Waals surface area contributed by atoms with E-state index in [1.54, 1.807) is 32.2 Å². The Bertz CT molecular complexity index is 841. The number of nitrogens with one attached hydrogen (secondary N) is 2. The molecule has 0 aliphatic heterocycles. The second-order valence-corrected chi connectivity index (χ2v) is 5.68. The highest BCUT2D eigenvalue weighted by atomic mass is 35.5. The van der Waals surface area contributed by atoms with E-state index >= 15 is 0 Å². The van der Waals surface area contributed by atoms with Crippen molar-refractivity contribution in [3.63, 3.8) is 0 Å². The minimum Gasteiger partial charge on any atom is -0.497 e. The molecule has 0 unspecified atom stereocenters. The van der Waals surface area contributed by atoms with Crippen molar-refractivity contribution in [2.75, 3.05) is 12.4 Å². The average molecular weight is 356 g/mol. The number of amides is 1. The molecule has 0 aliphatic carbocycles. The van der Waals surface area contributed by atoms with Gasteiger partial charge < -0.3 is 15.4 Å². The standard InChI is InChI=1S/C19H18ClN3O2/c1-13-17(20)7-4-8-18(13)23-19(24)15(10-21)12-22-11-14-5-3-6-16(9-14)25-2/h3-9,12,22H,11H2,1-2H3,(H,23,24)/b15-12-. The summed E-state index contributed by atoms with van der Waals surface area (Å²) in [5.41, 5.74) is 2.27. The van der Waals surface area contributed by atoms with Crippen LogP contribution in [0.25, 0.3) is 0 Å². The average Bonchev–Trinajstić information content (AvgIpc) is 2.62. The van der Waals surface area contributed by atoms with E-state index in [4.69, 9.17) is 16.3 Å². The largest absolute Gasteiger partial charge is 0.497 e. The van der Waals surface area contributed by atoms with E-state index in [2.05, 4.69) is 10.6 Å². The van der Waals surface area contributed by atoms with Gasteiger partial charge in [-0.15, -0.1) is 0 Å². The minimum absolute atomic E-state index is 0.0257. The highest BCUT2D eigenvalue weighted by molar-refractivity contribution is 6.31. The molecule has 0 spiro atoms. The first-order valence-corrected chi connectivity index (χ1v) is 7.96. The van der Waals surface area contributed by atoms with Crippen molar-refractivity contribution in [2.24, 2.45) is 0 Å². The summed E-state index contributed by atoms with van der Waals surface area (Å²) in [6, 6.07) is 14.6. The van der Waals surface area contributed by atoms with Crippen LogP contribution in [0.15, 0.2) is 54.2 Å². The Labute approximate surface area is 151 Å². The van der Waals surface area contributed by atoms with Crippen LogP contribution >= 0.6 is 11.6 Å². The summed E-state index contributed by atoms with van der Waals surface area (Å²) in [5, 5.41) is 15.4. The third kappa shape index (κ3) is 5.00. The summed E-state index contributed by atoms with van der Waals surface area (Å²) in [4.78, 5) is 12.2. The number of anilines is 1. The van der Waals surface area contributed by atoms with Gasteiger partial charge in [-0.3, -0.25) is 4.79 Å². The van der Waals surface area contributed by atoms with Gasteiger partial charge >= 0.3 is 0 Å². The van der Waals surface area contributed by atoms with E-state index in [1.165, 1.54) is 6.20 Å². The molecular formula is C19H18ClN3O2. The molecular weight excluding hydrogens is 338 g/mol. The third-order valence-corrected chi connectivity index (χ3v) is 3.98. The van der Waals surface area contributed by atoms with Crippen molar-refractivity contribution in [3.8, 4) is 11.8 Å². The van der Waals surface area contributed by atoms with Crippen LogP contribution in [0.5, 0.6) is 5.75 Å². The zero-order valence-electron chi connectivity index (χ0n) is 14.0. The van der Waals surface area contributed by atoms with Crippen molar-refractivity contribution in [2.45, 2.75) is 13.5 Å². The smallest absolute Gasteiger partial charge is 0.267 e. The topological polar surface area (TPSA) is 74.1 Å². The molecule has 128 valence electrons. The monoisotopic (exact) mass is 355 g/mol. The van der Waals surface area contributed by atoms with Gasteiger partial charge in [0.2, 0.25) is 0 Å². The maximum atomic E-state index is 12.2. The fraction of sp³-hybridized carbons (Fsp3) is 0.158. The molecule has 6 heteroatoms. The summed E-state index contributed by atoms with van der Waals surface area (Å²) in [6.45, 7) is 2.26. The fourth-order valence-corrected chi connectivity index (χ4v) is 2.31. The Kier molecular flexibility index (Phi) is 6.44. The Morgan fingerprint density at radius 3 is 2.80 bits per heavy atom. The number of hydrogen-bond donors (Lipinski definition) is 2. The van der Waals surface area contributed by atoms with Gasteiger partial charge in [-0.05, 0) is 42.3 Å².